The molecule has 0 bridgehead atoms. The van der Waals surface area contributed by atoms with E-state index in [9.17, 15) is 24.5 Å². The van der Waals surface area contributed by atoms with Gasteiger partial charge in [0.15, 0.2) is 0 Å². The monoisotopic (exact) mass is 753 g/mol. The summed E-state index contributed by atoms with van der Waals surface area (Å²) in [7, 11) is 1.17. The largest absolute Gasteiger partial charge is 0.756 e. The second kappa shape index (κ2) is 33.7. The molecule has 9 nitrogen and oxygen atoms in total. The van der Waals surface area contributed by atoms with E-state index in [2.05, 4.69) is 25.2 Å². The van der Waals surface area contributed by atoms with Crippen molar-refractivity contribution in [3.05, 3.63) is 60.8 Å². The van der Waals surface area contributed by atoms with Crippen LogP contribution in [-0.4, -0.2) is 79.8 Å². The predicted molar refractivity (Wildman–Crippen MR) is 216 cm³/mol. The summed E-state index contributed by atoms with van der Waals surface area (Å²) < 4.78 is 23.1. The van der Waals surface area contributed by atoms with Crippen LogP contribution in [0.2, 0.25) is 0 Å². The van der Waals surface area contributed by atoms with E-state index in [0.29, 0.717) is 30.3 Å². The number of carbonyl (C=O) groups excluding carboxylic acids is 1. The minimum atomic E-state index is -4.61. The number of aliphatic hydroxyl groups excluding tert-OH is 2. The molecule has 302 valence electrons. The molecule has 0 aliphatic rings. The number of aliphatic hydroxyl groups is 2. The number of phosphoric ester groups is 1. The van der Waals surface area contributed by atoms with E-state index in [1.54, 1.807) is 12.2 Å². The van der Waals surface area contributed by atoms with Crippen molar-refractivity contribution in [1.82, 2.24) is 5.32 Å². The Kier molecular flexibility index (Phi) is 32.5. The molecule has 0 aromatic rings. The van der Waals surface area contributed by atoms with Crippen LogP contribution in [0, 0.1) is 0 Å². The molecule has 0 radical (unpaired) electrons. The van der Waals surface area contributed by atoms with Crippen molar-refractivity contribution in [1.29, 1.82) is 0 Å². The van der Waals surface area contributed by atoms with Crippen molar-refractivity contribution in [3.63, 3.8) is 0 Å². The first-order chi connectivity index (χ1) is 24.9. The second-order valence-electron chi connectivity index (χ2n) is 14.8. The lowest BCUT2D eigenvalue weighted by Gasteiger charge is -2.29. The number of hydrogen-bond acceptors (Lipinski definition) is 7. The Morgan fingerprint density at radius 1 is 0.731 bits per heavy atom. The van der Waals surface area contributed by atoms with E-state index in [0.717, 1.165) is 32.1 Å². The van der Waals surface area contributed by atoms with Crippen LogP contribution in [0.1, 0.15) is 142 Å². The second-order valence-corrected chi connectivity index (χ2v) is 16.2. The lowest BCUT2D eigenvalue weighted by Crippen LogP contribution is -2.45. The molecule has 0 fully saturated rings. The number of phosphoric acid groups is 1. The number of unbranched alkanes of at least 4 members (excludes halogenated alkanes) is 14. The highest BCUT2D eigenvalue weighted by Crippen LogP contribution is 2.38. The van der Waals surface area contributed by atoms with Crippen LogP contribution in [0.25, 0.3) is 0 Å². The Bertz CT molecular complexity index is 1050. The summed E-state index contributed by atoms with van der Waals surface area (Å²) >= 11 is 0. The number of allylic oxidation sites excluding steroid dienone is 7. The van der Waals surface area contributed by atoms with E-state index in [1.807, 2.05) is 63.7 Å². The smallest absolute Gasteiger partial charge is 0.268 e. The van der Waals surface area contributed by atoms with Crippen LogP contribution < -0.4 is 10.2 Å². The first-order valence-electron chi connectivity index (χ1n) is 20.3. The van der Waals surface area contributed by atoms with E-state index in [4.69, 9.17) is 9.05 Å². The van der Waals surface area contributed by atoms with E-state index in [-0.39, 0.29) is 18.9 Å². The molecule has 1 unspecified atom stereocenters. The molecule has 0 spiro atoms. The molecule has 4 atom stereocenters. The van der Waals surface area contributed by atoms with Gasteiger partial charge in [-0.2, -0.15) is 0 Å². The van der Waals surface area contributed by atoms with Crippen molar-refractivity contribution in [3.8, 4) is 0 Å². The summed E-state index contributed by atoms with van der Waals surface area (Å²) in [5.74, 6) is -0.284. The third-order valence-electron chi connectivity index (χ3n) is 8.55. The number of hydrogen-bond donors (Lipinski definition) is 3. The van der Waals surface area contributed by atoms with E-state index in [1.165, 1.54) is 70.6 Å². The quantitative estimate of drug-likeness (QED) is 0.0194. The fourth-order valence-electron chi connectivity index (χ4n) is 5.22. The zero-order chi connectivity index (χ0) is 38.8. The van der Waals surface area contributed by atoms with Gasteiger partial charge in [0, 0.05) is 6.42 Å². The Morgan fingerprint density at radius 3 is 1.98 bits per heavy atom. The van der Waals surface area contributed by atoms with Crippen LogP contribution in [0.4, 0.5) is 0 Å². The molecule has 0 saturated carbocycles. The Morgan fingerprint density at radius 2 is 1.31 bits per heavy atom. The molecule has 0 aliphatic carbocycles. The third-order valence-corrected chi connectivity index (χ3v) is 9.52. The summed E-state index contributed by atoms with van der Waals surface area (Å²) in [6.07, 6.45) is 38.6. The van der Waals surface area contributed by atoms with Gasteiger partial charge in [-0.15, -0.1) is 0 Å². The first kappa shape index (κ1) is 50.2. The van der Waals surface area contributed by atoms with Crippen LogP contribution in [0.5, 0.6) is 0 Å². The van der Waals surface area contributed by atoms with Crippen LogP contribution in [0.15, 0.2) is 60.8 Å². The zero-order valence-electron chi connectivity index (χ0n) is 33.6. The molecule has 0 aliphatic heterocycles. The predicted octanol–water partition coefficient (Wildman–Crippen LogP) is 9.02. The highest BCUT2D eigenvalue weighted by molar-refractivity contribution is 7.45. The van der Waals surface area contributed by atoms with Gasteiger partial charge in [-0.3, -0.25) is 9.36 Å². The molecule has 10 heteroatoms. The number of rotatable bonds is 35. The maximum atomic E-state index is 12.8. The number of nitrogens with zero attached hydrogens (tertiary/aromatic N) is 1. The molecular formula is C42H77N2O7P. The number of quaternary nitrogens is 1. The summed E-state index contributed by atoms with van der Waals surface area (Å²) in [5.41, 5.74) is 0. The van der Waals surface area contributed by atoms with Crippen molar-refractivity contribution >= 4 is 13.7 Å². The topological polar surface area (TPSA) is 128 Å². The fourth-order valence-corrected chi connectivity index (χ4v) is 5.95. The van der Waals surface area contributed by atoms with Gasteiger partial charge in [-0.25, -0.2) is 0 Å². The van der Waals surface area contributed by atoms with Crippen LogP contribution >= 0.6 is 7.82 Å². The molecule has 0 saturated heterocycles. The van der Waals surface area contributed by atoms with Crippen molar-refractivity contribution in [2.75, 3.05) is 40.9 Å². The maximum absolute atomic E-state index is 12.8. The van der Waals surface area contributed by atoms with Crippen LogP contribution in [0.3, 0.4) is 0 Å². The molecule has 3 N–H and O–H groups in total. The molecule has 0 aromatic heterocycles. The molecular weight excluding hydrogens is 675 g/mol. The zero-order valence-corrected chi connectivity index (χ0v) is 34.5. The highest BCUT2D eigenvalue weighted by Gasteiger charge is 2.23. The summed E-state index contributed by atoms with van der Waals surface area (Å²) in [6, 6.07) is -0.937. The molecule has 1 amide bonds. The van der Waals surface area contributed by atoms with E-state index < -0.39 is 32.7 Å². The number of carbonyl (C=O) groups is 1. The lowest BCUT2D eigenvalue weighted by molar-refractivity contribution is -0.870. The summed E-state index contributed by atoms with van der Waals surface area (Å²) in [6.45, 7) is 4.45. The van der Waals surface area contributed by atoms with Gasteiger partial charge in [0.2, 0.25) is 5.91 Å². The average Bonchev–Trinajstić information content (AvgIpc) is 3.08. The minimum absolute atomic E-state index is 0.0254. The first-order valence-corrected chi connectivity index (χ1v) is 21.7. The van der Waals surface area contributed by atoms with Gasteiger partial charge in [0.1, 0.15) is 13.2 Å². The Balaban J connectivity index is 4.68. The highest BCUT2D eigenvalue weighted by atomic mass is 31.2. The van der Waals surface area contributed by atoms with Gasteiger partial charge in [-0.05, 0) is 51.4 Å². The standard InChI is InChI=1S/C42H77N2O7P/c1-6-8-10-12-14-15-16-17-18-22-26-30-34-41(46)40(38-51-52(48,49)50-37-36-44(3,4)5)43-42(47)35-31-27-23-19-21-25-29-33-39(45)32-28-24-20-13-11-9-7-2/h19-20,23-25,28-30,32,34,39-41,45-46H,6-18,21-22,26-27,31,33,35-38H2,1-5H3,(H-,43,47,48,49)/b23-19+,24-20-,29-25-,32-28-,34-30+/t39-,40-,41+/m0/s1. The number of nitrogens with one attached hydrogen (secondary N) is 1. The SMILES string of the molecule is CCCCC/C=C\C=C/[C@H](O)C/C=C\C/C=C/CCCC(=O)N[C@@H](COP(=O)([O-])OCC[N+](C)(C)C)[C@H](O)/C=C/CCCCCCCCCCCC. The average molecular weight is 753 g/mol. The molecule has 0 heterocycles. The maximum Gasteiger partial charge on any atom is 0.268 e. The van der Waals surface area contributed by atoms with Gasteiger partial charge in [0.05, 0.1) is 46.0 Å². The van der Waals surface area contributed by atoms with Gasteiger partial charge < -0.3 is 34.0 Å². The number of likely N-dealkylation sites (N-methyl/N-ethyl adjacent to an activating group) is 1. The number of amides is 1. The lowest BCUT2D eigenvalue weighted by atomic mass is 10.1. The molecule has 0 aromatic carbocycles. The van der Waals surface area contributed by atoms with Gasteiger partial charge in [0.25, 0.3) is 7.82 Å². The Hall–Kier alpha value is -1.84. The van der Waals surface area contributed by atoms with E-state index >= 15 is 0 Å². The van der Waals surface area contributed by atoms with Crippen molar-refractivity contribution in [2.24, 2.45) is 0 Å². The van der Waals surface area contributed by atoms with Crippen molar-refractivity contribution < 1.29 is 38.0 Å². The Labute approximate surface area is 318 Å². The van der Waals surface area contributed by atoms with Gasteiger partial charge >= 0.3 is 0 Å². The normalized spacial score (nSPS) is 15.8. The van der Waals surface area contributed by atoms with Crippen LogP contribution in [-0.2, 0) is 18.4 Å². The minimum Gasteiger partial charge on any atom is -0.756 e. The summed E-state index contributed by atoms with van der Waals surface area (Å²) in [5, 5.41) is 23.7. The fraction of sp³-hybridized carbons (Fsp3) is 0.738. The molecule has 52 heavy (non-hydrogen) atoms. The van der Waals surface area contributed by atoms with Crippen molar-refractivity contribution in [2.45, 2.75) is 161 Å². The summed E-state index contributed by atoms with van der Waals surface area (Å²) in [4.78, 5) is 25.2. The van der Waals surface area contributed by atoms with Gasteiger partial charge in [-0.1, -0.05) is 145 Å². The third kappa shape index (κ3) is 35.2. The molecule has 0 rings (SSSR count).